The van der Waals surface area contributed by atoms with Crippen molar-refractivity contribution >= 4 is 51.1 Å². The maximum Gasteiger partial charge on any atom is 0.273 e. The van der Waals surface area contributed by atoms with Gasteiger partial charge in [0.25, 0.3) is 11.8 Å². The van der Waals surface area contributed by atoms with E-state index in [9.17, 15) is 9.59 Å². The predicted octanol–water partition coefficient (Wildman–Crippen LogP) is 3.75. The summed E-state index contributed by atoms with van der Waals surface area (Å²) in [5, 5.41) is 4.19. The second kappa shape index (κ2) is 10.7. The number of aromatic nitrogens is 2. The summed E-state index contributed by atoms with van der Waals surface area (Å²) >= 11 is 11.0. The average molecular weight is 553 g/mol. The first-order valence-electron chi connectivity index (χ1n) is 11.0. The largest absolute Gasteiger partial charge is 0.352 e. The Morgan fingerprint density at radius 3 is 2.64 bits per heavy atom. The molecule has 0 spiro atoms. The smallest absolute Gasteiger partial charge is 0.273 e. The van der Waals surface area contributed by atoms with Crippen molar-refractivity contribution in [3.63, 3.8) is 0 Å². The zero-order chi connectivity index (χ0) is 23.5. The van der Waals surface area contributed by atoms with Crippen LogP contribution in [0.25, 0.3) is 0 Å². The number of rotatable bonds is 7. The van der Waals surface area contributed by atoms with Crippen LogP contribution in [0.4, 0.5) is 0 Å². The molecule has 2 aliphatic heterocycles. The number of nitrogens with one attached hydrogen (secondary N) is 1. The lowest BCUT2D eigenvalue weighted by Crippen LogP contribution is -2.35. The van der Waals surface area contributed by atoms with Gasteiger partial charge in [-0.1, -0.05) is 29.4 Å². The molecule has 2 atom stereocenters. The minimum absolute atomic E-state index is 0.0283. The Bertz CT molecular complexity index is 1040. The van der Waals surface area contributed by atoms with Crippen LogP contribution in [0.5, 0.6) is 0 Å². The summed E-state index contributed by atoms with van der Waals surface area (Å²) in [6.45, 7) is 6.96. The third-order valence-corrected chi connectivity index (χ3v) is 7.88. The van der Waals surface area contributed by atoms with E-state index in [-0.39, 0.29) is 11.8 Å². The normalized spacial score (nSPS) is 20.2. The molecule has 2 aromatic rings. The number of carbonyl (C=O) groups excluding carboxylic acids is 2. The molecule has 2 saturated heterocycles. The van der Waals surface area contributed by atoms with Crippen molar-refractivity contribution in [2.75, 3.05) is 45.5 Å². The van der Waals surface area contributed by atoms with Crippen LogP contribution in [0.1, 0.15) is 32.8 Å². The lowest BCUT2D eigenvalue weighted by atomic mass is 10.0. The number of amides is 2. The first-order valence-corrected chi connectivity index (χ1v) is 13.4. The summed E-state index contributed by atoms with van der Waals surface area (Å²) in [6.07, 6.45) is 4.44. The van der Waals surface area contributed by atoms with Gasteiger partial charge in [0, 0.05) is 49.5 Å². The van der Waals surface area contributed by atoms with Gasteiger partial charge in [0.05, 0.1) is 4.47 Å². The Hall–Kier alpha value is -1.68. The lowest BCUT2D eigenvalue weighted by molar-refractivity contribution is 0.0766. The Balaban J connectivity index is 1.21. The Morgan fingerprint density at radius 2 is 1.97 bits per heavy atom. The number of aryl methyl sites for hydroxylation is 1. The van der Waals surface area contributed by atoms with Crippen LogP contribution in [0.15, 0.2) is 34.0 Å². The first kappa shape index (κ1) is 24.4. The molecule has 0 radical (unpaired) electrons. The molecule has 10 heteroatoms. The highest BCUT2D eigenvalue weighted by atomic mass is 79.9. The van der Waals surface area contributed by atoms with Crippen molar-refractivity contribution in [2.45, 2.75) is 18.5 Å². The zero-order valence-corrected chi connectivity index (χ0v) is 21.8. The van der Waals surface area contributed by atoms with E-state index in [4.69, 9.17) is 11.6 Å². The number of fused-ring (bicyclic) bond motifs is 1. The highest BCUT2D eigenvalue weighted by Gasteiger charge is 2.42. The number of thioether (sulfide) groups is 1. The standard InChI is InChI=1S/C23H27BrClN5O2S/c1-14-4-5-15(8-19(14)25)21(31)26-6-3-7-29-10-16-12-30(13-17(16)11-29)22(32)20-18(24)9-27-23(28-20)33-2/h4-5,8-9,16-17H,3,6-7,10-13H2,1-2H3,(H,26,31). The second-order valence-corrected chi connectivity index (χ2v) is 10.7. The van der Waals surface area contributed by atoms with E-state index in [1.807, 2.05) is 24.1 Å². The third-order valence-electron chi connectivity index (χ3n) is 6.33. The molecule has 7 nitrogen and oxygen atoms in total. The molecule has 2 aliphatic rings. The van der Waals surface area contributed by atoms with Gasteiger partial charge in [-0.05, 0) is 71.6 Å². The SMILES string of the molecule is CSc1ncc(Br)c(C(=O)N2CC3CN(CCCNC(=O)c4ccc(C)c(Cl)c4)CC3C2)n1. The third kappa shape index (κ3) is 5.70. The molecule has 1 aromatic heterocycles. The number of hydrogen-bond acceptors (Lipinski definition) is 6. The van der Waals surface area contributed by atoms with Crippen LogP contribution < -0.4 is 5.32 Å². The van der Waals surface area contributed by atoms with Crippen LogP contribution in [-0.4, -0.2) is 77.1 Å². The zero-order valence-electron chi connectivity index (χ0n) is 18.7. The maximum absolute atomic E-state index is 13.0. The van der Waals surface area contributed by atoms with E-state index in [1.165, 1.54) is 11.8 Å². The van der Waals surface area contributed by atoms with Crippen LogP contribution in [0.2, 0.25) is 5.02 Å². The Kier molecular flexibility index (Phi) is 7.94. The summed E-state index contributed by atoms with van der Waals surface area (Å²) < 4.78 is 0.638. The Labute approximate surface area is 211 Å². The number of benzene rings is 1. The lowest BCUT2D eigenvalue weighted by Gasteiger charge is -2.21. The molecule has 2 fully saturated rings. The molecule has 1 N–H and O–H groups in total. The van der Waals surface area contributed by atoms with Gasteiger partial charge in [0.15, 0.2) is 5.16 Å². The molecule has 1 aromatic carbocycles. The number of nitrogens with zero attached hydrogens (tertiary/aromatic N) is 4. The van der Waals surface area contributed by atoms with Crippen LogP contribution >= 0.6 is 39.3 Å². The molecule has 2 unspecified atom stereocenters. The quantitative estimate of drug-likeness (QED) is 0.320. The highest BCUT2D eigenvalue weighted by Crippen LogP contribution is 2.32. The van der Waals surface area contributed by atoms with Crippen molar-refractivity contribution in [1.29, 1.82) is 0 Å². The van der Waals surface area contributed by atoms with Crippen LogP contribution in [0.3, 0.4) is 0 Å². The van der Waals surface area contributed by atoms with Gasteiger partial charge < -0.3 is 15.1 Å². The van der Waals surface area contributed by atoms with E-state index in [0.717, 1.165) is 44.7 Å². The summed E-state index contributed by atoms with van der Waals surface area (Å²) in [4.78, 5) is 38.3. The molecule has 4 rings (SSSR count). The van der Waals surface area contributed by atoms with Crippen molar-refractivity contribution in [3.05, 3.63) is 50.7 Å². The average Bonchev–Trinajstić information content (AvgIpc) is 3.37. The van der Waals surface area contributed by atoms with Gasteiger partial charge in [0.1, 0.15) is 5.69 Å². The number of hydrogen-bond donors (Lipinski definition) is 1. The first-order chi connectivity index (χ1) is 15.9. The van der Waals surface area contributed by atoms with Crippen molar-refractivity contribution in [2.24, 2.45) is 11.8 Å². The summed E-state index contributed by atoms with van der Waals surface area (Å²) in [6, 6.07) is 5.37. The molecular formula is C23H27BrClN5O2S. The van der Waals surface area contributed by atoms with Gasteiger partial charge in [-0.2, -0.15) is 0 Å². The highest BCUT2D eigenvalue weighted by molar-refractivity contribution is 9.10. The van der Waals surface area contributed by atoms with Gasteiger partial charge >= 0.3 is 0 Å². The molecule has 0 bridgehead atoms. The predicted molar refractivity (Wildman–Crippen MR) is 134 cm³/mol. The molecule has 33 heavy (non-hydrogen) atoms. The van der Waals surface area contributed by atoms with E-state index < -0.39 is 0 Å². The van der Waals surface area contributed by atoms with Crippen molar-refractivity contribution in [3.8, 4) is 0 Å². The van der Waals surface area contributed by atoms with E-state index in [2.05, 4.69) is 36.1 Å². The number of carbonyl (C=O) groups is 2. The molecule has 176 valence electrons. The second-order valence-electron chi connectivity index (χ2n) is 8.62. The minimum Gasteiger partial charge on any atom is -0.352 e. The fourth-order valence-corrected chi connectivity index (χ4v) is 5.41. The molecular weight excluding hydrogens is 526 g/mol. The molecule has 0 saturated carbocycles. The molecule has 0 aliphatic carbocycles. The maximum atomic E-state index is 13.0. The topological polar surface area (TPSA) is 78.4 Å². The fourth-order valence-electron chi connectivity index (χ4n) is 4.53. The van der Waals surface area contributed by atoms with Gasteiger partial charge in [-0.25, -0.2) is 9.97 Å². The number of likely N-dealkylation sites (tertiary alicyclic amines) is 2. The van der Waals surface area contributed by atoms with Crippen LogP contribution in [-0.2, 0) is 0 Å². The fraction of sp³-hybridized carbons (Fsp3) is 0.478. The number of halogens is 2. The van der Waals surface area contributed by atoms with Crippen molar-refractivity contribution < 1.29 is 9.59 Å². The summed E-state index contributed by atoms with van der Waals surface area (Å²) in [5.41, 5.74) is 1.99. The summed E-state index contributed by atoms with van der Waals surface area (Å²) in [5.74, 6) is 0.849. The minimum atomic E-state index is -0.0927. The molecule has 2 amide bonds. The van der Waals surface area contributed by atoms with E-state index in [0.29, 0.717) is 44.3 Å². The van der Waals surface area contributed by atoms with Gasteiger partial charge in [-0.3, -0.25) is 9.59 Å². The Morgan fingerprint density at radius 1 is 1.24 bits per heavy atom. The van der Waals surface area contributed by atoms with Crippen molar-refractivity contribution in [1.82, 2.24) is 25.1 Å². The van der Waals surface area contributed by atoms with E-state index in [1.54, 1.807) is 18.3 Å². The van der Waals surface area contributed by atoms with Gasteiger partial charge in [-0.15, -0.1) is 0 Å². The van der Waals surface area contributed by atoms with E-state index >= 15 is 0 Å². The van der Waals surface area contributed by atoms with Gasteiger partial charge in [0.2, 0.25) is 0 Å². The molecule has 3 heterocycles. The van der Waals surface area contributed by atoms with Crippen LogP contribution in [0, 0.1) is 18.8 Å². The monoisotopic (exact) mass is 551 g/mol. The summed E-state index contributed by atoms with van der Waals surface area (Å²) in [7, 11) is 0.